The van der Waals surface area contributed by atoms with Crippen LogP contribution in [0.3, 0.4) is 0 Å². The van der Waals surface area contributed by atoms with Crippen LogP contribution >= 0.6 is 23.5 Å². The van der Waals surface area contributed by atoms with Gasteiger partial charge in [0.1, 0.15) is 29.8 Å². The van der Waals surface area contributed by atoms with Gasteiger partial charge in [0.25, 0.3) is 0 Å². The van der Waals surface area contributed by atoms with Gasteiger partial charge in [0.2, 0.25) is 0 Å². The van der Waals surface area contributed by atoms with Gasteiger partial charge in [0.05, 0.1) is 0 Å². The number of carbonyl (C=O) groups is 4. The first-order valence-corrected chi connectivity index (χ1v) is 9.11. The molecule has 0 aromatic rings. The molecule has 2 atom stereocenters. The molecule has 1 rings (SSSR count). The summed E-state index contributed by atoms with van der Waals surface area (Å²) in [6.07, 6.45) is -1.12. The van der Waals surface area contributed by atoms with Crippen LogP contribution in [0.15, 0.2) is 0 Å². The molecule has 1 fully saturated rings. The molecule has 0 aromatic carbocycles. The molecule has 2 unspecified atom stereocenters. The molecular weight excluding hydrogens is 372 g/mol. The Bertz CT molecular complexity index is 553. The third kappa shape index (κ3) is 5.44. The van der Waals surface area contributed by atoms with Crippen molar-refractivity contribution in [3.8, 4) is 0 Å². The number of aliphatic hydroxyl groups is 2. The fourth-order valence-corrected chi connectivity index (χ4v) is 5.14. The Labute approximate surface area is 154 Å². The average molecular weight is 394 g/mol. The van der Waals surface area contributed by atoms with E-state index in [0.29, 0.717) is 23.5 Å². The van der Waals surface area contributed by atoms with E-state index in [0.717, 1.165) is 0 Å². The molecule has 0 spiro atoms. The zero-order chi connectivity index (χ0) is 19.6. The van der Waals surface area contributed by atoms with Gasteiger partial charge in [0, 0.05) is 5.41 Å². The van der Waals surface area contributed by atoms with Crippen molar-refractivity contribution in [2.24, 2.45) is 5.41 Å². The number of carbonyl (C=O) groups excluding carboxylic acids is 4. The van der Waals surface area contributed by atoms with Gasteiger partial charge in [-0.1, -0.05) is 20.8 Å². The van der Waals surface area contributed by atoms with Gasteiger partial charge in [-0.15, -0.1) is 0 Å². The molecule has 0 bridgehead atoms. The molecule has 1 saturated heterocycles. The highest BCUT2D eigenvalue weighted by atomic mass is 32.2. The number of thioether (sulfide) groups is 2. The van der Waals surface area contributed by atoms with Gasteiger partial charge in [-0.25, -0.2) is 0 Å². The lowest BCUT2D eigenvalue weighted by molar-refractivity contribution is -0.178. The van der Waals surface area contributed by atoms with Crippen molar-refractivity contribution in [1.82, 2.24) is 0 Å². The Morgan fingerprint density at radius 2 is 1.40 bits per heavy atom. The van der Waals surface area contributed by atoms with Crippen molar-refractivity contribution in [2.45, 2.75) is 62.3 Å². The molecule has 0 saturated carbocycles. The molecule has 8 nitrogen and oxygen atoms in total. The molecule has 0 amide bonds. The summed E-state index contributed by atoms with van der Waals surface area (Å²) < 4.78 is 8.13. The molecule has 1 aliphatic heterocycles. The van der Waals surface area contributed by atoms with Gasteiger partial charge >= 0.3 is 16.4 Å². The number of ketones is 2. The maximum Gasteiger partial charge on any atom is 0.363 e. The van der Waals surface area contributed by atoms with Crippen LogP contribution < -0.4 is 0 Å². The molecule has 1 aliphatic rings. The fourth-order valence-electron chi connectivity index (χ4n) is 1.87. The number of aliphatic hydroxyl groups excluding tert-OH is 1. The van der Waals surface area contributed by atoms with E-state index < -0.39 is 56.6 Å². The number of ether oxygens (including phenoxy) is 2. The summed E-state index contributed by atoms with van der Waals surface area (Å²) in [6, 6.07) is 0. The molecule has 0 aliphatic carbocycles. The minimum atomic E-state index is -2.10. The quantitative estimate of drug-likeness (QED) is 0.385. The van der Waals surface area contributed by atoms with Gasteiger partial charge in [-0.3, -0.25) is 19.2 Å². The topological polar surface area (TPSA) is 127 Å². The highest BCUT2D eigenvalue weighted by molar-refractivity contribution is 8.21. The predicted molar refractivity (Wildman–Crippen MR) is 91.1 cm³/mol. The Morgan fingerprint density at radius 1 is 1.00 bits per heavy atom. The number of hydrogen-bond acceptors (Lipinski definition) is 10. The number of esters is 2. The molecule has 1 heterocycles. The molecule has 0 aromatic heterocycles. The van der Waals surface area contributed by atoms with E-state index >= 15 is 0 Å². The monoisotopic (exact) mass is 394 g/mol. The highest BCUT2D eigenvalue weighted by Gasteiger charge is 2.65. The highest BCUT2D eigenvalue weighted by Crippen LogP contribution is 2.63. The zero-order valence-corrected chi connectivity index (χ0v) is 16.3. The Morgan fingerprint density at radius 3 is 1.68 bits per heavy atom. The van der Waals surface area contributed by atoms with Crippen LogP contribution in [0.25, 0.3) is 0 Å². The van der Waals surface area contributed by atoms with Gasteiger partial charge in [-0.05, 0) is 37.4 Å². The maximum absolute atomic E-state index is 11.9. The van der Waals surface area contributed by atoms with E-state index in [9.17, 15) is 29.4 Å². The molecular formula is C15H22O8S2. The van der Waals surface area contributed by atoms with Crippen LogP contribution in [0.4, 0.5) is 0 Å². The molecule has 25 heavy (non-hydrogen) atoms. The lowest BCUT2D eigenvalue weighted by atomic mass is 9.89. The number of Topliss-reactive ketones (excluding diaryl/α,β-unsaturated/α-hetero) is 2. The molecule has 0 radical (unpaired) electrons. The Kier molecular flexibility index (Phi) is 6.71. The predicted octanol–water partition coefficient (Wildman–Crippen LogP) is 1.18. The molecule has 142 valence electrons. The Balaban J connectivity index is 3.13. The van der Waals surface area contributed by atoms with Crippen molar-refractivity contribution in [3.05, 3.63) is 0 Å². The normalized spacial score (nSPS) is 25.3. The van der Waals surface area contributed by atoms with Crippen LogP contribution in [-0.2, 0) is 28.7 Å². The lowest BCUT2D eigenvalue weighted by Gasteiger charge is -2.37. The first-order valence-electron chi connectivity index (χ1n) is 7.42. The van der Waals surface area contributed by atoms with Crippen LogP contribution in [0.1, 0.15) is 47.5 Å². The summed E-state index contributed by atoms with van der Waals surface area (Å²) in [5.41, 5.74) is -2.32. The summed E-state index contributed by atoms with van der Waals surface area (Å²) in [6.45, 7) is 7.31. The standard InChI is InChI=1S/C15H22O8S2/c1-8(16)6-10(18)22-15(23-11(19)7-9(2)17)24-12(20)14(21,25-15)13(3,4)5/h12,20-21H,6-7H2,1-5H3. The zero-order valence-electron chi connectivity index (χ0n) is 14.7. The third-order valence-corrected chi connectivity index (χ3v) is 6.48. The second-order valence-corrected chi connectivity index (χ2v) is 9.57. The van der Waals surface area contributed by atoms with Gasteiger partial charge in [-0.2, -0.15) is 0 Å². The van der Waals surface area contributed by atoms with Crippen molar-refractivity contribution in [3.63, 3.8) is 0 Å². The van der Waals surface area contributed by atoms with Gasteiger partial charge in [0.15, 0.2) is 4.93 Å². The first-order chi connectivity index (χ1) is 11.2. The minimum absolute atomic E-state index is 0.463. The lowest BCUT2D eigenvalue weighted by Crippen LogP contribution is -2.46. The van der Waals surface area contributed by atoms with E-state index in [1.54, 1.807) is 20.8 Å². The first kappa shape index (κ1) is 21.9. The van der Waals surface area contributed by atoms with E-state index in [2.05, 4.69) is 0 Å². The fraction of sp³-hybridized carbons (Fsp3) is 0.733. The van der Waals surface area contributed by atoms with Crippen molar-refractivity contribution in [2.75, 3.05) is 0 Å². The van der Waals surface area contributed by atoms with Crippen molar-refractivity contribution < 1.29 is 38.9 Å². The summed E-state index contributed by atoms with van der Waals surface area (Å²) >= 11 is 1.06. The largest absolute Gasteiger partial charge is 0.403 e. The summed E-state index contributed by atoms with van der Waals surface area (Å²) in [7, 11) is 0. The smallest absolute Gasteiger partial charge is 0.363 e. The van der Waals surface area contributed by atoms with Crippen LogP contribution in [0, 0.1) is 5.41 Å². The van der Waals surface area contributed by atoms with Crippen LogP contribution in [0.5, 0.6) is 0 Å². The van der Waals surface area contributed by atoms with E-state index in [4.69, 9.17) is 9.47 Å². The van der Waals surface area contributed by atoms with Gasteiger partial charge < -0.3 is 19.7 Å². The van der Waals surface area contributed by atoms with E-state index in [1.807, 2.05) is 0 Å². The second kappa shape index (κ2) is 7.65. The summed E-state index contributed by atoms with van der Waals surface area (Å²) in [5, 5.41) is 21.1. The average Bonchev–Trinajstić information content (AvgIpc) is 2.57. The Hall–Kier alpha value is -1.10. The van der Waals surface area contributed by atoms with Crippen LogP contribution in [-0.4, -0.2) is 48.5 Å². The number of hydrogen-bond donors (Lipinski definition) is 2. The third-order valence-electron chi connectivity index (χ3n) is 3.21. The number of rotatable bonds is 6. The molecule has 2 N–H and O–H groups in total. The minimum Gasteiger partial charge on any atom is -0.403 e. The second-order valence-electron chi connectivity index (χ2n) is 6.72. The van der Waals surface area contributed by atoms with Crippen molar-refractivity contribution in [1.29, 1.82) is 0 Å². The van der Waals surface area contributed by atoms with E-state index in [-0.39, 0.29) is 0 Å². The maximum atomic E-state index is 11.9. The summed E-state index contributed by atoms with van der Waals surface area (Å²) in [4.78, 5) is 44.1. The SMILES string of the molecule is CC(=O)CC(=O)OC1(OC(=O)CC(C)=O)SC(O)C(O)(C(C)(C)C)S1. The van der Waals surface area contributed by atoms with Crippen molar-refractivity contribution >= 4 is 47.0 Å². The molecule has 10 heteroatoms. The van der Waals surface area contributed by atoms with Crippen LogP contribution in [0.2, 0.25) is 0 Å². The summed E-state index contributed by atoms with van der Waals surface area (Å²) in [5.74, 6) is -2.88. The van der Waals surface area contributed by atoms with E-state index in [1.165, 1.54) is 13.8 Å².